The number of pyridine rings is 1. The second-order valence-electron chi connectivity index (χ2n) is 3.43. The van der Waals surface area contributed by atoms with Crippen molar-refractivity contribution < 1.29 is 0 Å². The molecule has 0 spiro atoms. The molecule has 0 aliphatic heterocycles. The van der Waals surface area contributed by atoms with Crippen molar-refractivity contribution in [1.82, 2.24) is 9.36 Å². The summed E-state index contributed by atoms with van der Waals surface area (Å²) in [6.45, 7) is 0.918. The first-order valence-electron chi connectivity index (χ1n) is 5.21. The SMILES string of the molecule is CSCCNc1snc(N)c1-c1ccncc1. The van der Waals surface area contributed by atoms with E-state index >= 15 is 0 Å². The molecule has 90 valence electrons. The van der Waals surface area contributed by atoms with Crippen LogP contribution in [0.15, 0.2) is 24.5 Å². The Morgan fingerprint density at radius 1 is 1.41 bits per heavy atom. The van der Waals surface area contributed by atoms with Crippen molar-refractivity contribution in [2.45, 2.75) is 0 Å². The van der Waals surface area contributed by atoms with E-state index in [1.165, 1.54) is 11.5 Å². The van der Waals surface area contributed by atoms with Crippen LogP contribution >= 0.6 is 23.3 Å². The minimum atomic E-state index is 0.577. The molecule has 0 atom stereocenters. The van der Waals surface area contributed by atoms with Gasteiger partial charge in [-0.3, -0.25) is 4.98 Å². The van der Waals surface area contributed by atoms with Gasteiger partial charge < -0.3 is 11.1 Å². The van der Waals surface area contributed by atoms with Crippen LogP contribution in [0.25, 0.3) is 11.1 Å². The summed E-state index contributed by atoms with van der Waals surface area (Å²) in [5.41, 5.74) is 7.95. The van der Waals surface area contributed by atoms with E-state index in [0.717, 1.165) is 28.4 Å². The molecule has 4 nitrogen and oxygen atoms in total. The highest BCUT2D eigenvalue weighted by atomic mass is 32.2. The number of hydrogen-bond donors (Lipinski definition) is 2. The van der Waals surface area contributed by atoms with Crippen molar-refractivity contribution in [3.63, 3.8) is 0 Å². The summed E-state index contributed by atoms with van der Waals surface area (Å²) in [4.78, 5) is 4.01. The Bertz CT molecular complexity index is 470. The highest BCUT2D eigenvalue weighted by Crippen LogP contribution is 2.36. The van der Waals surface area contributed by atoms with Gasteiger partial charge >= 0.3 is 0 Å². The lowest BCUT2D eigenvalue weighted by molar-refractivity contribution is 1.25. The first-order chi connectivity index (χ1) is 8.33. The zero-order valence-electron chi connectivity index (χ0n) is 9.51. The standard InChI is InChI=1S/C11H14N4S2/c1-16-7-6-14-11-9(10(12)15-17-11)8-2-4-13-5-3-8/h2-5,14H,6-7H2,1H3,(H2,12,15). The summed E-state index contributed by atoms with van der Waals surface area (Å²) in [5, 5.41) is 4.40. The van der Waals surface area contributed by atoms with Gasteiger partial charge in [0.05, 0.1) is 5.56 Å². The van der Waals surface area contributed by atoms with Gasteiger partial charge in [-0.1, -0.05) is 0 Å². The summed E-state index contributed by atoms with van der Waals surface area (Å²) in [6.07, 6.45) is 5.61. The average Bonchev–Trinajstić information content (AvgIpc) is 2.72. The fraction of sp³-hybridized carbons (Fsp3) is 0.273. The van der Waals surface area contributed by atoms with Crippen molar-refractivity contribution in [2.75, 3.05) is 29.6 Å². The molecule has 0 saturated carbocycles. The van der Waals surface area contributed by atoms with Crippen molar-refractivity contribution in [2.24, 2.45) is 0 Å². The van der Waals surface area contributed by atoms with E-state index in [1.54, 1.807) is 12.4 Å². The minimum absolute atomic E-state index is 0.577. The molecule has 3 N–H and O–H groups in total. The van der Waals surface area contributed by atoms with Gasteiger partial charge in [0.2, 0.25) is 0 Å². The Hall–Kier alpha value is -1.27. The molecule has 0 saturated heterocycles. The monoisotopic (exact) mass is 266 g/mol. The molecular weight excluding hydrogens is 252 g/mol. The molecule has 0 unspecified atom stereocenters. The number of thioether (sulfide) groups is 1. The Balaban J connectivity index is 2.24. The van der Waals surface area contributed by atoms with Crippen LogP contribution in [0.2, 0.25) is 0 Å². The van der Waals surface area contributed by atoms with Crippen LogP contribution < -0.4 is 11.1 Å². The highest BCUT2D eigenvalue weighted by molar-refractivity contribution is 7.98. The molecule has 6 heteroatoms. The number of nitrogens with zero attached hydrogens (tertiary/aromatic N) is 2. The lowest BCUT2D eigenvalue weighted by Gasteiger charge is -2.06. The van der Waals surface area contributed by atoms with Crippen LogP contribution in [0.3, 0.4) is 0 Å². The fourth-order valence-electron chi connectivity index (χ4n) is 1.49. The predicted octanol–water partition coefficient (Wildman–Crippen LogP) is 2.56. The second kappa shape index (κ2) is 5.88. The molecule has 0 aliphatic carbocycles. The number of nitrogens with one attached hydrogen (secondary N) is 1. The summed E-state index contributed by atoms with van der Waals surface area (Å²) >= 11 is 3.22. The third-order valence-electron chi connectivity index (χ3n) is 2.28. The Morgan fingerprint density at radius 3 is 2.88 bits per heavy atom. The van der Waals surface area contributed by atoms with Crippen molar-refractivity contribution in [3.8, 4) is 11.1 Å². The molecule has 0 bridgehead atoms. The number of aromatic nitrogens is 2. The zero-order valence-corrected chi connectivity index (χ0v) is 11.1. The molecule has 0 fully saturated rings. The molecule has 0 aliphatic rings. The van der Waals surface area contributed by atoms with Crippen molar-refractivity contribution >= 4 is 34.1 Å². The van der Waals surface area contributed by atoms with Gasteiger partial charge in [0.15, 0.2) is 0 Å². The third-order valence-corrected chi connectivity index (χ3v) is 3.71. The number of anilines is 2. The van der Waals surface area contributed by atoms with Gasteiger partial charge in [-0.25, -0.2) is 0 Å². The van der Waals surface area contributed by atoms with Crippen LogP contribution in [0.1, 0.15) is 0 Å². The topological polar surface area (TPSA) is 63.8 Å². The Kier molecular flexibility index (Phi) is 4.22. The number of nitrogen functional groups attached to an aromatic ring is 1. The van der Waals surface area contributed by atoms with Gasteiger partial charge in [0, 0.05) is 24.7 Å². The number of hydrogen-bond acceptors (Lipinski definition) is 6. The maximum atomic E-state index is 5.91. The molecule has 0 radical (unpaired) electrons. The lowest BCUT2D eigenvalue weighted by atomic mass is 10.1. The normalized spacial score (nSPS) is 10.4. The van der Waals surface area contributed by atoms with Gasteiger partial charge in [-0.15, -0.1) is 0 Å². The molecule has 17 heavy (non-hydrogen) atoms. The molecule has 0 aromatic carbocycles. The van der Waals surface area contributed by atoms with Crippen molar-refractivity contribution in [1.29, 1.82) is 0 Å². The van der Waals surface area contributed by atoms with Gasteiger partial charge in [0.1, 0.15) is 10.8 Å². The zero-order chi connectivity index (χ0) is 12.1. The number of rotatable bonds is 5. The van der Waals surface area contributed by atoms with E-state index in [4.69, 9.17) is 5.73 Å². The second-order valence-corrected chi connectivity index (χ2v) is 5.19. The Morgan fingerprint density at radius 2 is 2.18 bits per heavy atom. The van der Waals surface area contributed by atoms with E-state index in [1.807, 2.05) is 23.9 Å². The maximum Gasteiger partial charge on any atom is 0.147 e. The highest BCUT2D eigenvalue weighted by Gasteiger charge is 2.12. The van der Waals surface area contributed by atoms with Crippen LogP contribution in [-0.2, 0) is 0 Å². The van der Waals surface area contributed by atoms with Crippen LogP contribution in [0, 0.1) is 0 Å². The van der Waals surface area contributed by atoms with E-state index in [-0.39, 0.29) is 0 Å². The van der Waals surface area contributed by atoms with Gasteiger partial charge in [-0.05, 0) is 35.5 Å². The molecule has 2 aromatic rings. The third kappa shape index (κ3) is 2.89. The summed E-state index contributed by atoms with van der Waals surface area (Å²) < 4.78 is 4.20. The van der Waals surface area contributed by atoms with Crippen molar-refractivity contribution in [3.05, 3.63) is 24.5 Å². The van der Waals surface area contributed by atoms with Gasteiger partial charge in [0.25, 0.3) is 0 Å². The average molecular weight is 266 g/mol. The van der Waals surface area contributed by atoms with Gasteiger partial charge in [-0.2, -0.15) is 16.1 Å². The largest absolute Gasteiger partial charge is 0.382 e. The fourth-order valence-corrected chi connectivity index (χ4v) is 2.55. The Labute approximate surface area is 109 Å². The first-order valence-corrected chi connectivity index (χ1v) is 7.38. The van der Waals surface area contributed by atoms with Crippen LogP contribution in [-0.4, -0.2) is 27.9 Å². The summed E-state index contributed by atoms with van der Waals surface area (Å²) in [7, 11) is 0. The summed E-state index contributed by atoms with van der Waals surface area (Å²) in [5.74, 6) is 1.64. The van der Waals surface area contributed by atoms with E-state index < -0.39 is 0 Å². The van der Waals surface area contributed by atoms with Crippen LogP contribution in [0.5, 0.6) is 0 Å². The number of nitrogens with two attached hydrogens (primary N) is 1. The quantitative estimate of drug-likeness (QED) is 0.814. The maximum absolute atomic E-state index is 5.91. The molecule has 2 rings (SSSR count). The molecule has 0 amide bonds. The van der Waals surface area contributed by atoms with Crippen LogP contribution in [0.4, 0.5) is 10.8 Å². The first kappa shape index (κ1) is 12.2. The minimum Gasteiger partial charge on any atom is -0.382 e. The molecule has 2 heterocycles. The smallest absolute Gasteiger partial charge is 0.147 e. The lowest BCUT2D eigenvalue weighted by Crippen LogP contribution is -2.03. The molecule has 2 aromatic heterocycles. The predicted molar refractivity (Wildman–Crippen MR) is 76.6 cm³/mol. The van der Waals surface area contributed by atoms with E-state index in [2.05, 4.69) is 20.9 Å². The van der Waals surface area contributed by atoms with E-state index in [0.29, 0.717) is 5.82 Å². The van der Waals surface area contributed by atoms with E-state index in [9.17, 15) is 0 Å². The molecular formula is C11H14N4S2. The summed E-state index contributed by atoms with van der Waals surface area (Å²) in [6, 6.07) is 3.89.